The molecule has 0 fully saturated rings. The molecule has 1 aliphatic rings. The lowest BCUT2D eigenvalue weighted by Gasteiger charge is -2.30. The van der Waals surface area contributed by atoms with E-state index in [9.17, 15) is 4.39 Å². The summed E-state index contributed by atoms with van der Waals surface area (Å²) in [4.78, 5) is 0. The van der Waals surface area contributed by atoms with Crippen LogP contribution in [0, 0.1) is 11.7 Å². The van der Waals surface area contributed by atoms with Crippen LogP contribution in [0.2, 0.25) is 0 Å². The Morgan fingerprint density at radius 2 is 1.43 bits per heavy atom. The molecule has 0 radical (unpaired) electrons. The van der Waals surface area contributed by atoms with Crippen molar-refractivity contribution in [3.63, 3.8) is 0 Å². The molecule has 0 nitrogen and oxygen atoms in total. The topological polar surface area (TPSA) is 0 Å². The van der Waals surface area contributed by atoms with Gasteiger partial charge in [-0.1, -0.05) is 95.3 Å². The van der Waals surface area contributed by atoms with E-state index in [2.05, 4.69) is 55.5 Å². The maximum Gasteiger partial charge on any atom is 0.123 e. The molecular formula is C27H33F. The molecule has 0 spiro atoms. The van der Waals surface area contributed by atoms with Crippen LogP contribution in [0.4, 0.5) is 4.39 Å². The second-order valence-corrected chi connectivity index (χ2v) is 6.93. The number of hydrogen-bond acceptors (Lipinski definition) is 0. The first-order valence-electron chi connectivity index (χ1n) is 10.6. The molecule has 0 unspecified atom stereocenters. The molecule has 0 aliphatic heterocycles. The Hall–Kier alpha value is -2.41. The quantitative estimate of drug-likeness (QED) is 0.422. The molecule has 0 heterocycles. The molecule has 0 amide bonds. The fourth-order valence-electron chi connectivity index (χ4n) is 3.94. The van der Waals surface area contributed by atoms with Gasteiger partial charge in [0.15, 0.2) is 0 Å². The third kappa shape index (κ3) is 5.10. The van der Waals surface area contributed by atoms with E-state index >= 15 is 0 Å². The van der Waals surface area contributed by atoms with Crippen LogP contribution < -0.4 is 0 Å². The molecular weight excluding hydrogens is 343 g/mol. The predicted octanol–water partition coefficient (Wildman–Crippen LogP) is 8.26. The highest BCUT2D eigenvalue weighted by Crippen LogP contribution is 2.40. The van der Waals surface area contributed by atoms with Crippen LogP contribution >= 0.6 is 0 Å². The van der Waals surface area contributed by atoms with Gasteiger partial charge in [0.1, 0.15) is 5.82 Å². The fraction of sp³-hybridized carbons (Fsp3) is 0.333. The molecule has 1 aliphatic carbocycles. The maximum atomic E-state index is 13.2. The minimum atomic E-state index is -0.190. The first-order valence-corrected chi connectivity index (χ1v) is 10.6. The fourth-order valence-corrected chi connectivity index (χ4v) is 3.94. The normalized spacial score (nSPS) is 17.4. The average molecular weight is 377 g/mol. The lowest BCUT2D eigenvalue weighted by molar-refractivity contribution is 0.464. The third-order valence-corrected chi connectivity index (χ3v) is 5.10. The number of halogens is 1. The van der Waals surface area contributed by atoms with Crippen LogP contribution in [0.15, 0.2) is 72.8 Å². The monoisotopic (exact) mass is 376 g/mol. The molecule has 148 valence electrons. The summed E-state index contributed by atoms with van der Waals surface area (Å²) in [5.41, 5.74) is 6.52. The molecule has 0 bridgehead atoms. The van der Waals surface area contributed by atoms with E-state index in [4.69, 9.17) is 0 Å². The number of fused-ring (bicyclic) bond motifs is 1. The average Bonchev–Trinajstić information content (AvgIpc) is 2.76. The minimum Gasteiger partial charge on any atom is -0.207 e. The number of rotatable bonds is 2. The summed E-state index contributed by atoms with van der Waals surface area (Å²) in [6.45, 7) is 10.3. The van der Waals surface area contributed by atoms with Gasteiger partial charge in [0, 0.05) is 5.92 Å². The van der Waals surface area contributed by atoms with Crippen LogP contribution in [-0.2, 0) is 6.42 Å². The predicted molar refractivity (Wildman–Crippen MR) is 120 cm³/mol. The largest absolute Gasteiger partial charge is 0.207 e. The zero-order valence-corrected chi connectivity index (χ0v) is 17.9. The minimum absolute atomic E-state index is 0.190. The SMILES string of the molecule is CC.CC.C[C@@H]1Cc2ccccc2[C@@H](c2cccc(-c3ccc(F)cc3)c2)C1. The zero-order valence-electron chi connectivity index (χ0n) is 17.9. The van der Waals surface area contributed by atoms with E-state index in [1.807, 2.05) is 39.8 Å². The Balaban J connectivity index is 0.000000660. The van der Waals surface area contributed by atoms with E-state index < -0.39 is 0 Å². The summed E-state index contributed by atoms with van der Waals surface area (Å²) >= 11 is 0. The van der Waals surface area contributed by atoms with Crippen LogP contribution in [0.3, 0.4) is 0 Å². The Bertz CT molecular complexity index is 848. The van der Waals surface area contributed by atoms with Crippen molar-refractivity contribution in [1.29, 1.82) is 0 Å². The second-order valence-electron chi connectivity index (χ2n) is 6.93. The highest BCUT2D eigenvalue weighted by molar-refractivity contribution is 5.64. The molecule has 28 heavy (non-hydrogen) atoms. The maximum absolute atomic E-state index is 13.2. The Kier molecular flexibility index (Phi) is 8.44. The standard InChI is InChI=1S/C23H21F.2C2H6/c1-16-13-19-5-2-3-8-22(19)23(14-16)20-7-4-6-18(15-20)17-9-11-21(24)12-10-17;2*1-2/h2-12,15-16,23H,13-14H2,1H3;2*1-2H3/t16-,23-;;/m1../s1. The lowest BCUT2D eigenvalue weighted by Crippen LogP contribution is -2.17. The van der Waals surface area contributed by atoms with Gasteiger partial charge in [-0.2, -0.15) is 0 Å². The van der Waals surface area contributed by atoms with Crippen molar-refractivity contribution in [3.8, 4) is 11.1 Å². The first-order chi connectivity index (χ1) is 13.7. The van der Waals surface area contributed by atoms with Gasteiger partial charge >= 0.3 is 0 Å². The van der Waals surface area contributed by atoms with Gasteiger partial charge in [-0.3, -0.25) is 0 Å². The number of benzene rings is 3. The highest BCUT2D eigenvalue weighted by atomic mass is 19.1. The van der Waals surface area contributed by atoms with Gasteiger partial charge in [0.2, 0.25) is 0 Å². The zero-order chi connectivity index (χ0) is 20.5. The van der Waals surface area contributed by atoms with Crippen molar-refractivity contribution >= 4 is 0 Å². The number of hydrogen-bond donors (Lipinski definition) is 0. The van der Waals surface area contributed by atoms with Crippen LogP contribution in [0.1, 0.15) is 63.6 Å². The van der Waals surface area contributed by atoms with Crippen LogP contribution in [0.25, 0.3) is 11.1 Å². The molecule has 0 saturated carbocycles. The van der Waals surface area contributed by atoms with Crippen molar-refractivity contribution < 1.29 is 4.39 Å². The van der Waals surface area contributed by atoms with Crippen molar-refractivity contribution in [1.82, 2.24) is 0 Å². The summed E-state index contributed by atoms with van der Waals surface area (Å²) in [6, 6.07) is 24.3. The van der Waals surface area contributed by atoms with Gasteiger partial charge in [0.25, 0.3) is 0 Å². The smallest absolute Gasteiger partial charge is 0.123 e. The van der Waals surface area contributed by atoms with Gasteiger partial charge in [-0.05, 0) is 58.7 Å². The summed E-state index contributed by atoms with van der Waals surface area (Å²) in [7, 11) is 0. The first kappa shape index (κ1) is 21.9. The van der Waals surface area contributed by atoms with Crippen LogP contribution in [0.5, 0.6) is 0 Å². The molecule has 0 N–H and O–H groups in total. The molecule has 4 rings (SSSR count). The van der Waals surface area contributed by atoms with Crippen LogP contribution in [-0.4, -0.2) is 0 Å². The molecule has 2 atom stereocenters. The van der Waals surface area contributed by atoms with Gasteiger partial charge in [-0.25, -0.2) is 4.39 Å². The van der Waals surface area contributed by atoms with E-state index in [-0.39, 0.29) is 5.82 Å². The Morgan fingerprint density at radius 3 is 2.14 bits per heavy atom. The van der Waals surface area contributed by atoms with E-state index in [1.165, 1.54) is 41.7 Å². The third-order valence-electron chi connectivity index (χ3n) is 5.10. The molecule has 0 aromatic heterocycles. The second kappa shape index (κ2) is 10.8. The van der Waals surface area contributed by atoms with Gasteiger partial charge < -0.3 is 0 Å². The highest BCUT2D eigenvalue weighted by Gasteiger charge is 2.25. The molecule has 1 heteroatoms. The van der Waals surface area contributed by atoms with E-state index in [0.29, 0.717) is 11.8 Å². The Labute approximate surface area is 170 Å². The lowest BCUT2D eigenvalue weighted by atomic mass is 9.74. The summed E-state index contributed by atoms with van der Waals surface area (Å²) in [6.07, 6.45) is 2.36. The van der Waals surface area contributed by atoms with E-state index in [0.717, 1.165) is 11.1 Å². The van der Waals surface area contributed by atoms with Gasteiger partial charge in [0.05, 0.1) is 0 Å². The van der Waals surface area contributed by atoms with Crippen molar-refractivity contribution in [2.45, 2.75) is 53.4 Å². The summed E-state index contributed by atoms with van der Waals surface area (Å²) < 4.78 is 13.2. The summed E-state index contributed by atoms with van der Waals surface area (Å²) in [5, 5.41) is 0. The van der Waals surface area contributed by atoms with Crippen molar-refractivity contribution in [2.24, 2.45) is 5.92 Å². The van der Waals surface area contributed by atoms with Gasteiger partial charge in [-0.15, -0.1) is 0 Å². The summed E-state index contributed by atoms with van der Waals surface area (Å²) in [5.74, 6) is 0.953. The molecule has 0 saturated heterocycles. The molecule has 3 aromatic rings. The Morgan fingerprint density at radius 1 is 0.750 bits per heavy atom. The van der Waals surface area contributed by atoms with Crippen molar-refractivity contribution in [2.75, 3.05) is 0 Å². The molecule has 3 aromatic carbocycles. The van der Waals surface area contributed by atoms with Crippen molar-refractivity contribution in [3.05, 3.63) is 95.3 Å². The van der Waals surface area contributed by atoms with E-state index in [1.54, 1.807) is 0 Å².